The van der Waals surface area contributed by atoms with E-state index in [0.717, 1.165) is 81.8 Å². The van der Waals surface area contributed by atoms with Crippen molar-refractivity contribution in [1.29, 1.82) is 0 Å². The standard InChI is InChI=1S/C28H36N6O/c1-21-11-14-34(15-12-21)27-26(10-5-22(2)30-27)28(35)31-23-6-8-25(9-7-23)33-18-16-32(17-19-33)20-24-4-3-13-29-24/h3-10,13,21,29H,11-12,14-20H2,1-2H3,(H,31,35). The quantitative estimate of drug-likeness (QED) is 0.552. The fourth-order valence-corrected chi connectivity index (χ4v) is 5.01. The molecule has 2 aliphatic heterocycles. The topological polar surface area (TPSA) is 67.5 Å². The van der Waals surface area contributed by atoms with Crippen LogP contribution in [-0.2, 0) is 6.54 Å². The monoisotopic (exact) mass is 472 g/mol. The first-order valence-corrected chi connectivity index (χ1v) is 12.8. The molecule has 0 saturated carbocycles. The predicted molar refractivity (Wildman–Crippen MR) is 142 cm³/mol. The van der Waals surface area contributed by atoms with Gasteiger partial charge in [0.15, 0.2) is 0 Å². The molecule has 7 nitrogen and oxygen atoms in total. The van der Waals surface area contributed by atoms with E-state index in [1.54, 1.807) is 0 Å². The van der Waals surface area contributed by atoms with Gasteiger partial charge in [-0.1, -0.05) is 6.92 Å². The molecule has 0 aliphatic carbocycles. The summed E-state index contributed by atoms with van der Waals surface area (Å²) in [4.78, 5) is 28.4. The molecule has 2 fully saturated rings. The van der Waals surface area contributed by atoms with E-state index >= 15 is 0 Å². The molecule has 35 heavy (non-hydrogen) atoms. The Bertz CT molecular complexity index is 1110. The number of rotatable bonds is 6. The summed E-state index contributed by atoms with van der Waals surface area (Å²) in [5.41, 5.74) is 4.85. The molecule has 3 aromatic rings. The van der Waals surface area contributed by atoms with Gasteiger partial charge in [0.1, 0.15) is 5.82 Å². The third-order valence-corrected chi connectivity index (χ3v) is 7.26. The number of anilines is 3. The van der Waals surface area contributed by atoms with Gasteiger partial charge < -0.3 is 20.1 Å². The van der Waals surface area contributed by atoms with Crippen LogP contribution in [0.25, 0.3) is 0 Å². The maximum absolute atomic E-state index is 13.2. The van der Waals surface area contributed by atoms with E-state index < -0.39 is 0 Å². The number of carbonyl (C=O) groups is 1. The second-order valence-corrected chi connectivity index (χ2v) is 9.95. The molecule has 2 saturated heterocycles. The average molecular weight is 473 g/mol. The zero-order valence-electron chi connectivity index (χ0n) is 20.8. The van der Waals surface area contributed by atoms with E-state index in [9.17, 15) is 4.79 Å². The van der Waals surface area contributed by atoms with Crippen LogP contribution in [0.5, 0.6) is 0 Å². The van der Waals surface area contributed by atoms with Crippen molar-refractivity contribution in [2.45, 2.75) is 33.2 Å². The predicted octanol–water partition coefficient (Wildman–Crippen LogP) is 4.53. The number of hydrogen-bond donors (Lipinski definition) is 2. The van der Waals surface area contributed by atoms with Crippen LogP contribution in [-0.4, -0.2) is 60.0 Å². The minimum absolute atomic E-state index is 0.100. The van der Waals surface area contributed by atoms with Crippen molar-refractivity contribution >= 4 is 23.1 Å². The van der Waals surface area contributed by atoms with Gasteiger partial charge in [-0.15, -0.1) is 0 Å². The highest BCUT2D eigenvalue weighted by atomic mass is 16.1. The van der Waals surface area contributed by atoms with Crippen LogP contribution in [0.4, 0.5) is 17.2 Å². The van der Waals surface area contributed by atoms with Crippen LogP contribution in [0, 0.1) is 12.8 Å². The minimum atomic E-state index is -0.100. The molecule has 0 atom stereocenters. The molecular weight excluding hydrogens is 436 g/mol. The van der Waals surface area contributed by atoms with Crippen LogP contribution >= 0.6 is 0 Å². The number of H-pyrrole nitrogens is 1. The van der Waals surface area contributed by atoms with Crippen LogP contribution in [0.1, 0.15) is 41.5 Å². The average Bonchev–Trinajstić information content (AvgIpc) is 3.38. The summed E-state index contributed by atoms with van der Waals surface area (Å²) < 4.78 is 0. The molecule has 2 N–H and O–H groups in total. The Hall–Kier alpha value is -3.32. The summed E-state index contributed by atoms with van der Waals surface area (Å²) in [6.07, 6.45) is 4.26. The molecule has 4 heterocycles. The summed E-state index contributed by atoms with van der Waals surface area (Å²) in [5.74, 6) is 1.44. The van der Waals surface area contributed by atoms with Gasteiger partial charge in [-0.05, 0) is 74.2 Å². The lowest BCUT2D eigenvalue weighted by molar-refractivity contribution is 0.102. The third-order valence-electron chi connectivity index (χ3n) is 7.26. The van der Waals surface area contributed by atoms with Gasteiger partial charge in [0.2, 0.25) is 0 Å². The molecule has 1 aromatic carbocycles. The molecule has 1 amide bonds. The molecule has 0 spiro atoms. The number of aryl methyl sites for hydroxylation is 1. The van der Waals surface area contributed by atoms with Crippen molar-refractivity contribution in [1.82, 2.24) is 14.9 Å². The number of hydrogen-bond acceptors (Lipinski definition) is 5. The van der Waals surface area contributed by atoms with Crippen molar-refractivity contribution in [3.8, 4) is 0 Å². The zero-order valence-corrected chi connectivity index (χ0v) is 20.8. The Balaban J connectivity index is 1.20. The van der Waals surface area contributed by atoms with Gasteiger partial charge in [-0.3, -0.25) is 9.69 Å². The highest BCUT2D eigenvalue weighted by Gasteiger charge is 2.23. The molecule has 2 aromatic heterocycles. The smallest absolute Gasteiger partial charge is 0.259 e. The highest BCUT2D eigenvalue weighted by molar-refractivity contribution is 6.07. The van der Waals surface area contributed by atoms with E-state index in [-0.39, 0.29) is 5.91 Å². The first kappa shape index (κ1) is 23.4. The van der Waals surface area contributed by atoms with E-state index in [4.69, 9.17) is 4.98 Å². The van der Waals surface area contributed by atoms with Crippen LogP contribution < -0.4 is 15.1 Å². The van der Waals surface area contributed by atoms with E-state index in [2.05, 4.69) is 56.2 Å². The lowest BCUT2D eigenvalue weighted by atomic mass is 9.99. The van der Waals surface area contributed by atoms with E-state index in [0.29, 0.717) is 5.56 Å². The normalized spacial score (nSPS) is 17.5. The van der Waals surface area contributed by atoms with Crippen LogP contribution in [0.2, 0.25) is 0 Å². The Kier molecular flexibility index (Phi) is 7.04. The Morgan fingerprint density at radius 2 is 1.71 bits per heavy atom. The minimum Gasteiger partial charge on any atom is -0.369 e. The van der Waals surface area contributed by atoms with Gasteiger partial charge in [0.05, 0.1) is 5.56 Å². The SMILES string of the molecule is Cc1ccc(C(=O)Nc2ccc(N3CCN(Cc4ccc[nH]4)CC3)cc2)c(N2CCC(C)CC2)n1. The molecule has 5 rings (SSSR count). The maximum atomic E-state index is 13.2. The van der Waals surface area contributed by atoms with E-state index in [1.165, 1.54) is 11.4 Å². The number of aromatic amines is 1. The lowest BCUT2D eigenvalue weighted by Crippen LogP contribution is -2.46. The molecule has 184 valence electrons. The third kappa shape index (κ3) is 5.68. The van der Waals surface area contributed by atoms with Gasteiger partial charge >= 0.3 is 0 Å². The van der Waals surface area contributed by atoms with Gasteiger partial charge in [0, 0.05) is 74.8 Å². The molecule has 0 radical (unpaired) electrons. The van der Waals surface area contributed by atoms with Gasteiger partial charge in [-0.2, -0.15) is 0 Å². The second-order valence-electron chi connectivity index (χ2n) is 9.95. The zero-order chi connectivity index (χ0) is 24.2. The van der Waals surface area contributed by atoms with Gasteiger partial charge in [-0.25, -0.2) is 4.98 Å². The maximum Gasteiger partial charge on any atom is 0.259 e. The van der Waals surface area contributed by atoms with Gasteiger partial charge in [0.25, 0.3) is 5.91 Å². The number of carbonyl (C=O) groups excluding carboxylic acids is 1. The summed E-state index contributed by atoms with van der Waals surface area (Å²) in [5, 5.41) is 3.09. The summed E-state index contributed by atoms with van der Waals surface area (Å²) in [6, 6.07) is 16.2. The largest absolute Gasteiger partial charge is 0.369 e. The number of benzene rings is 1. The van der Waals surface area contributed by atoms with E-state index in [1.807, 2.05) is 37.4 Å². The summed E-state index contributed by atoms with van der Waals surface area (Å²) >= 11 is 0. The first-order chi connectivity index (χ1) is 17.0. The van der Waals surface area contributed by atoms with Crippen LogP contribution in [0.3, 0.4) is 0 Å². The number of nitrogens with one attached hydrogen (secondary N) is 2. The second kappa shape index (κ2) is 10.5. The van der Waals surface area contributed by atoms with Crippen molar-refractivity contribution in [3.63, 3.8) is 0 Å². The molecule has 0 unspecified atom stereocenters. The van der Waals surface area contributed by atoms with Crippen molar-refractivity contribution in [2.75, 3.05) is 54.4 Å². The fraction of sp³-hybridized carbons (Fsp3) is 0.429. The summed E-state index contributed by atoms with van der Waals surface area (Å²) in [7, 11) is 0. The summed E-state index contributed by atoms with van der Waals surface area (Å²) in [6.45, 7) is 11.2. The molecule has 7 heteroatoms. The number of nitrogens with zero attached hydrogens (tertiary/aromatic N) is 4. The lowest BCUT2D eigenvalue weighted by Gasteiger charge is -2.36. The number of piperazine rings is 1. The highest BCUT2D eigenvalue weighted by Crippen LogP contribution is 2.26. The molecular formula is C28H36N6O. The van der Waals surface area contributed by atoms with Crippen molar-refractivity contribution in [3.05, 3.63) is 71.7 Å². The first-order valence-electron chi connectivity index (χ1n) is 12.8. The van der Waals surface area contributed by atoms with Crippen molar-refractivity contribution < 1.29 is 4.79 Å². The van der Waals surface area contributed by atoms with Crippen LogP contribution in [0.15, 0.2) is 54.7 Å². The number of amides is 1. The Morgan fingerprint density at radius 1 is 0.971 bits per heavy atom. The number of pyridine rings is 1. The number of piperidine rings is 1. The van der Waals surface area contributed by atoms with Crippen molar-refractivity contribution in [2.24, 2.45) is 5.92 Å². The molecule has 2 aliphatic rings. The Morgan fingerprint density at radius 3 is 2.40 bits per heavy atom. The Labute approximate surface area is 208 Å². The number of aromatic nitrogens is 2. The molecule has 0 bridgehead atoms. The fourth-order valence-electron chi connectivity index (χ4n) is 5.01.